The van der Waals surface area contributed by atoms with Crippen molar-refractivity contribution in [1.82, 2.24) is 5.32 Å². The summed E-state index contributed by atoms with van der Waals surface area (Å²) < 4.78 is 6.01. The number of benzene rings is 1. The van der Waals surface area contributed by atoms with Gasteiger partial charge in [0.05, 0.1) is 0 Å². The lowest BCUT2D eigenvalue weighted by atomic mass is 9.82. The number of hydrogen-bond donors (Lipinski definition) is 1. The van der Waals surface area contributed by atoms with Crippen LogP contribution in [0.25, 0.3) is 0 Å². The van der Waals surface area contributed by atoms with Gasteiger partial charge in [-0.1, -0.05) is 39.8 Å². The lowest BCUT2D eigenvalue weighted by Gasteiger charge is -2.24. The van der Waals surface area contributed by atoms with Crippen molar-refractivity contribution in [3.05, 3.63) is 29.8 Å². The lowest BCUT2D eigenvalue weighted by molar-refractivity contribution is 0.249. The van der Waals surface area contributed by atoms with Gasteiger partial charge in [-0.05, 0) is 61.3 Å². The van der Waals surface area contributed by atoms with Crippen LogP contribution in [0.4, 0.5) is 0 Å². The molecule has 1 aliphatic rings. The van der Waals surface area contributed by atoms with Crippen molar-refractivity contribution >= 4 is 0 Å². The third-order valence-electron chi connectivity index (χ3n) is 4.80. The molecule has 0 bridgehead atoms. The van der Waals surface area contributed by atoms with Crippen LogP contribution in [0.5, 0.6) is 5.75 Å². The molecular weight excluding hydrogens is 258 g/mol. The second kappa shape index (κ2) is 7.31. The topological polar surface area (TPSA) is 21.3 Å². The summed E-state index contributed by atoms with van der Waals surface area (Å²) in [7, 11) is 0. The number of nitrogens with one attached hydrogen (secondary N) is 1. The molecular formula is C19H31NO. The third-order valence-corrected chi connectivity index (χ3v) is 4.80. The predicted molar refractivity (Wildman–Crippen MR) is 90.1 cm³/mol. The van der Waals surface area contributed by atoms with Crippen LogP contribution in [0.2, 0.25) is 0 Å². The zero-order chi connectivity index (χ0) is 15.3. The minimum atomic E-state index is 0.248. The average molecular weight is 289 g/mol. The highest BCUT2D eigenvalue weighted by Crippen LogP contribution is 2.33. The summed E-state index contributed by atoms with van der Waals surface area (Å²) in [6.07, 6.45) is 5.05. The van der Waals surface area contributed by atoms with E-state index in [1.807, 2.05) is 0 Å². The van der Waals surface area contributed by atoms with Crippen molar-refractivity contribution in [2.45, 2.75) is 64.8 Å². The number of ether oxygens (including phenoxy) is 1. The molecule has 1 unspecified atom stereocenters. The molecule has 118 valence electrons. The summed E-state index contributed by atoms with van der Waals surface area (Å²) in [5.41, 5.74) is 1.64. The van der Waals surface area contributed by atoms with Crippen LogP contribution < -0.4 is 10.1 Å². The van der Waals surface area contributed by atoms with Crippen LogP contribution in [0, 0.1) is 5.92 Å². The van der Waals surface area contributed by atoms with Crippen LogP contribution in [0.1, 0.15) is 58.9 Å². The quantitative estimate of drug-likeness (QED) is 0.721. The van der Waals surface area contributed by atoms with Crippen molar-refractivity contribution in [3.8, 4) is 5.75 Å². The van der Waals surface area contributed by atoms with Gasteiger partial charge in [-0.2, -0.15) is 0 Å². The first kappa shape index (κ1) is 16.4. The molecule has 0 spiro atoms. The molecule has 1 saturated carbocycles. The molecule has 1 aliphatic carbocycles. The van der Waals surface area contributed by atoms with E-state index in [-0.39, 0.29) is 5.41 Å². The average Bonchev–Trinajstić information content (AvgIpc) is 3.32. The number of rotatable bonds is 9. The minimum Gasteiger partial charge on any atom is -0.492 e. The SMILES string of the molecule is CCCNC(COc1ccc(C(C)(C)CC)cc1)C1CC1. The maximum absolute atomic E-state index is 6.01. The van der Waals surface area contributed by atoms with Crippen LogP contribution in [0.15, 0.2) is 24.3 Å². The van der Waals surface area contributed by atoms with Gasteiger partial charge in [0.1, 0.15) is 12.4 Å². The smallest absolute Gasteiger partial charge is 0.119 e. The Labute approximate surface area is 130 Å². The molecule has 1 fully saturated rings. The van der Waals surface area contributed by atoms with E-state index in [1.165, 1.54) is 24.8 Å². The molecule has 0 aliphatic heterocycles. The number of hydrogen-bond acceptors (Lipinski definition) is 2. The summed E-state index contributed by atoms with van der Waals surface area (Å²) in [6.45, 7) is 10.9. The molecule has 1 aromatic rings. The second-order valence-corrected chi connectivity index (χ2v) is 6.97. The molecule has 1 aromatic carbocycles. The normalized spacial score (nSPS) is 16.8. The van der Waals surface area contributed by atoms with E-state index < -0.39 is 0 Å². The molecule has 0 radical (unpaired) electrons. The van der Waals surface area contributed by atoms with E-state index in [0.717, 1.165) is 31.2 Å². The van der Waals surface area contributed by atoms with Crippen LogP contribution in [-0.4, -0.2) is 19.2 Å². The van der Waals surface area contributed by atoms with Gasteiger partial charge in [-0.3, -0.25) is 0 Å². The van der Waals surface area contributed by atoms with Gasteiger partial charge in [0.15, 0.2) is 0 Å². The first-order valence-corrected chi connectivity index (χ1v) is 8.53. The first-order valence-electron chi connectivity index (χ1n) is 8.53. The van der Waals surface area contributed by atoms with Crippen molar-refractivity contribution < 1.29 is 4.74 Å². The van der Waals surface area contributed by atoms with E-state index in [4.69, 9.17) is 4.74 Å². The maximum Gasteiger partial charge on any atom is 0.119 e. The maximum atomic E-state index is 6.01. The van der Waals surface area contributed by atoms with E-state index in [0.29, 0.717) is 6.04 Å². The van der Waals surface area contributed by atoms with Gasteiger partial charge >= 0.3 is 0 Å². The molecule has 0 amide bonds. The molecule has 2 nitrogen and oxygen atoms in total. The molecule has 21 heavy (non-hydrogen) atoms. The summed E-state index contributed by atoms with van der Waals surface area (Å²) >= 11 is 0. The van der Waals surface area contributed by atoms with Crippen LogP contribution in [-0.2, 0) is 5.41 Å². The highest BCUT2D eigenvalue weighted by molar-refractivity contribution is 5.31. The van der Waals surface area contributed by atoms with Gasteiger partial charge in [0.25, 0.3) is 0 Å². The fourth-order valence-electron chi connectivity index (χ4n) is 2.58. The van der Waals surface area contributed by atoms with E-state index in [9.17, 15) is 0 Å². The Kier molecular flexibility index (Phi) is 5.69. The first-order chi connectivity index (χ1) is 10.1. The lowest BCUT2D eigenvalue weighted by Crippen LogP contribution is -2.37. The Morgan fingerprint density at radius 2 is 1.86 bits per heavy atom. The van der Waals surface area contributed by atoms with Gasteiger partial charge in [-0.25, -0.2) is 0 Å². The Bertz CT molecular complexity index is 420. The largest absolute Gasteiger partial charge is 0.492 e. The Morgan fingerprint density at radius 1 is 1.19 bits per heavy atom. The fourth-order valence-corrected chi connectivity index (χ4v) is 2.58. The monoisotopic (exact) mass is 289 g/mol. The Morgan fingerprint density at radius 3 is 2.38 bits per heavy atom. The fraction of sp³-hybridized carbons (Fsp3) is 0.684. The zero-order valence-corrected chi connectivity index (χ0v) is 14.1. The van der Waals surface area contributed by atoms with Crippen LogP contribution >= 0.6 is 0 Å². The molecule has 2 rings (SSSR count). The Hall–Kier alpha value is -1.02. The zero-order valence-electron chi connectivity index (χ0n) is 14.1. The summed E-state index contributed by atoms with van der Waals surface area (Å²) in [5.74, 6) is 1.82. The Balaban J connectivity index is 1.87. The molecule has 1 atom stereocenters. The van der Waals surface area contributed by atoms with Gasteiger partial charge < -0.3 is 10.1 Å². The van der Waals surface area contributed by atoms with E-state index in [2.05, 4.69) is 57.3 Å². The summed E-state index contributed by atoms with van der Waals surface area (Å²) in [4.78, 5) is 0. The van der Waals surface area contributed by atoms with E-state index >= 15 is 0 Å². The highest BCUT2D eigenvalue weighted by Gasteiger charge is 2.31. The molecule has 0 saturated heterocycles. The molecule has 0 aromatic heterocycles. The predicted octanol–water partition coefficient (Wildman–Crippen LogP) is 4.53. The van der Waals surface area contributed by atoms with Gasteiger partial charge in [0.2, 0.25) is 0 Å². The highest BCUT2D eigenvalue weighted by atomic mass is 16.5. The van der Waals surface area contributed by atoms with Gasteiger partial charge in [0, 0.05) is 6.04 Å². The minimum absolute atomic E-state index is 0.248. The van der Waals surface area contributed by atoms with E-state index in [1.54, 1.807) is 0 Å². The van der Waals surface area contributed by atoms with Gasteiger partial charge in [-0.15, -0.1) is 0 Å². The summed E-state index contributed by atoms with van der Waals surface area (Å²) in [5, 5.41) is 3.62. The molecule has 0 heterocycles. The third kappa shape index (κ3) is 4.74. The van der Waals surface area contributed by atoms with Crippen molar-refractivity contribution in [2.24, 2.45) is 5.92 Å². The molecule has 1 N–H and O–H groups in total. The van der Waals surface area contributed by atoms with Crippen LogP contribution in [0.3, 0.4) is 0 Å². The molecule has 2 heteroatoms. The summed E-state index contributed by atoms with van der Waals surface area (Å²) in [6, 6.07) is 9.19. The van der Waals surface area contributed by atoms with Crippen molar-refractivity contribution in [3.63, 3.8) is 0 Å². The standard InChI is InChI=1S/C19H31NO/c1-5-13-20-18(15-7-8-15)14-21-17-11-9-16(10-12-17)19(3,4)6-2/h9-12,15,18,20H,5-8,13-14H2,1-4H3. The van der Waals surface area contributed by atoms with Crippen molar-refractivity contribution in [1.29, 1.82) is 0 Å². The second-order valence-electron chi connectivity index (χ2n) is 6.97. The van der Waals surface area contributed by atoms with Crippen molar-refractivity contribution in [2.75, 3.05) is 13.2 Å².